The van der Waals surface area contributed by atoms with Gasteiger partial charge in [0.15, 0.2) is 17.6 Å². The summed E-state index contributed by atoms with van der Waals surface area (Å²) in [7, 11) is 0. The van der Waals surface area contributed by atoms with Crippen LogP contribution in [0.5, 0.6) is 17.2 Å². The summed E-state index contributed by atoms with van der Waals surface area (Å²) < 4.78 is 16.5. The monoisotopic (exact) mass is 376 g/mol. The standard InChI is InChI=1S/C18H17ClN2O5/c1-11(25-13-8-6-12(19)7-9-13)17(22)20-21-18(23)16-10-24-14-4-2-3-5-15(14)26-16/h2-9,11,16H,10H2,1H3,(H,20,22)(H,21,23). The van der Waals surface area contributed by atoms with E-state index in [-0.39, 0.29) is 6.61 Å². The van der Waals surface area contributed by atoms with Crippen molar-refractivity contribution in [1.82, 2.24) is 10.9 Å². The highest BCUT2D eigenvalue weighted by Gasteiger charge is 2.28. The van der Waals surface area contributed by atoms with E-state index in [9.17, 15) is 9.59 Å². The summed E-state index contributed by atoms with van der Waals surface area (Å²) in [4.78, 5) is 24.2. The van der Waals surface area contributed by atoms with Crippen molar-refractivity contribution in [2.75, 3.05) is 6.61 Å². The lowest BCUT2D eigenvalue weighted by atomic mass is 10.2. The van der Waals surface area contributed by atoms with Crippen LogP contribution in [0, 0.1) is 0 Å². The zero-order chi connectivity index (χ0) is 18.5. The summed E-state index contributed by atoms with van der Waals surface area (Å²) in [5, 5.41) is 0.568. The number of hydrogen-bond acceptors (Lipinski definition) is 5. The first kappa shape index (κ1) is 17.9. The number of nitrogens with one attached hydrogen (secondary N) is 2. The minimum atomic E-state index is -0.863. The van der Waals surface area contributed by atoms with Gasteiger partial charge in [-0.15, -0.1) is 0 Å². The minimum absolute atomic E-state index is 0.0511. The summed E-state index contributed by atoms with van der Waals surface area (Å²) in [6.07, 6.45) is -1.68. The molecule has 0 aliphatic carbocycles. The second-order valence-corrected chi connectivity index (χ2v) is 5.99. The van der Waals surface area contributed by atoms with Crippen molar-refractivity contribution in [1.29, 1.82) is 0 Å². The zero-order valence-electron chi connectivity index (χ0n) is 13.9. The second kappa shape index (κ2) is 7.97. The van der Waals surface area contributed by atoms with Gasteiger partial charge in [-0.1, -0.05) is 23.7 Å². The molecule has 3 rings (SSSR count). The molecule has 26 heavy (non-hydrogen) atoms. The molecule has 136 valence electrons. The van der Waals surface area contributed by atoms with Crippen molar-refractivity contribution in [3.63, 3.8) is 0 Å². The Kier molecular flexibility index (Phi) is 5.48. The molecule has 2 unspecified atom stereocenters. The highest BCUT2D eigenvalue weighted by atomic mass is 35.5. The van der Waals surface area contributed by atoms with Crippen LogP contribution in [0.4, 0.5) is 0 Å². The maximum absolute atomic E-state index is 12.1. The first-order valence-corrected chi connectivity index (χ1v) is 8.31. The van der Waals surface area contributed by atoms with Crippen LogP contribution in [0.25, 0.3) is 0 Å². The molecule has 1 aliphatic heterocycles. The first-order valence-electron chi connectivity index (χ1n) is 7.93. The molecule has 1 aliphatic rings. The number of fused-ring (bicyclic) bond motifs is 1. The normalized spacial score (nSPS) is 16.3. The summed E-state index contributed by atoms with van der Waals surface area (Å²) in [6, 6.07) is 13.6. The van der Waals surface area contributed by atoms with Crippen LogP contribution in [-0.2, 0) is 9.59 Å². The van der Waals surface area contributed by atoms with Crippen LogP contribution in [0.3, 0.4) is 0 Å². The summed E-state index contributed by atoms with van der Waals surface area (Å²) >= 11 is 5.80. The number of carbonyl (C=O) groups excluding carboxylic acids is 2. The minimum Gasteiger partial charge on any atom is -0.485 e. The van der Waals surface area contributed by atoms with E-state index in [4.69, 9.17) is 25.8 Å². The van der Waals surface area contributed by atoms with Crippen molar-refractivity contribution in [3.8, 4) is 17.2 Å². The Morgan fingerprint density at radius 3 is 2.54 bits per heavy atom. The molecule has 1 heterocycles. The Morgan fingerprint density at radius 1 is 1.12 bits per heavy atom. The van der Waals surface area contributed by atoms with Gasteiger partial charge in [-0.3, -0.25) is 20.4 Å². The van der Waals surface area contributed by atoms with Crippen molar-refractivity contribution in [3.05, 3.63) is 53.6 Å². The van der Waals surface area contributed by atoms with Gasteiger partial charge in [0.05, 0.1) is 0 Å². The van der Waals surface area contributed by atoms with E-state index in [0.29, 0.717) is 22.3 Å². The Bertz CT molecular complexity index is 796. The van der Waals surface area contributed by atoms with Gasteiger partial charge in [0.25, 0.3) is 11.8 Å². The molecular weight excluding hydrogens is 360 g/mol. The maximum atomic E-state index is 12.1. The van der Waals surface area contributed by atoms with Gasteiger partial charge in [0.1, 0.15) is 12.4 Å². The topological polar surface area (TPSA) is 85.9 Å². The number of halogens is 1. The fourth-order valence-electron chi connectivity index (χ4n) is 2.22. The van der Waals surface area contributed by atoms with Gasteiger partial charge in [-0.2, -0.15) is 0 Å². The molecule has 2 amide bonds. The van der Waals surface area contributed by atoms with Crippen LogP contribution in [0.1, 0.15) is 6.92 Å². The summed E-state index contributed by atoms with van der Waals surface area (Å²) in [6.45, 7) is 1.61. The molecule has 7 nitrogen and oxygen atoms in total. The van der Waals surface area contributed by atoms with E-state index < -0.39 is 24.0 Å². The number of hydrogen-bond donors (Lipinski definition) is 2. The number of rotatable bonds is 4. The average Bonchev–Trinajstić information content (AvgIpc) is 2.67. The van der Waals surface area contributed by atoms with Crippen LogP contribution >= 0.6 is 11.6 Å². The zero-order valence-corrected chi connectivity index (χ0v) is 14.7. The number of para-hydroxylation sites is 2. The van der Waals surface area contributed by atoms with Gasteiger partial charge >= 0.3 is 0 Å². The number of hydrazine groups is 1. The molecule has 0 spiro atoms. The van der Waals surface area contributed by atoms with E-state index >= 15 is 0 Å². The molecule has 0 aromatic heterocycles. The van der Waals surface area contributed by atoms with E-state index in [1.807, 2.05) is 6.07 Å². The number of amides is 2. The van der Waals surface area contributed by atoms with Gasteiger partial charge in [0, 0.05) is 5.02 Å². The molecule has 2 atom stereocenters. The molecule has 2 aromatic carbocycles. The Hall–Kier alpha value is -2.93. The molecule has 2 aromatic rings. The van der Waals surface area contributed by atoms with Gasteiger partial charge in [-0.05, 0) is 43.3 Å². The van der Waals surface area contributed by atoms with Crippen LogP contribution in [0.15, 0.2) is 48.5 Å². The third kappa shape index (κ3) is 4.37. The quantitative estimate of drug-likeness (QED) is 0.798. The van der Waals surface area contributed by atoms with Crippen LogP contribution in [0.2, 0.25) is 5.02 Å². The first-order chi connectivity index (χ1) is 12.5. The van der Waals surface area contributed by atoms with Crippen molar-refractivity contribution < 1.29 is 23.8 Å². The third-order valence-corrected chi connectivity index (χ3v) is 3.86. The van der Waals surface area contributed by atoms with Crippen molar-refractivity contribution >= 4 is 23.4 Å². The number of carbonyl (C=O) groups is 2. The lowest BCUT2D eigenvalue weighted by molar-refractivity contribution is -0.137. The van der Waals surface area contributed by atoms with E-state index in [1.165, 1.54) is 0 Å². The summed E-state index contributed by atoms with van der Waals surface area (Å²) in [5.41, 5.74) is 4.62. The van der Waals surface area contributed by atoms with Gasteiger partial charge in [-0.25, -0.2) is 0 Å². The van der Waals surface area contributed by atoms with Gasteiger partial charge in [0.2, 0.25) is 6.10 Å². The fraction of sp³-hybridized carbons (Fsp3) is 0.222. The third-order valence-electron chi connectivity index (χ3n) is 3.61. The molecular formula is C18H17ClN2O5. The van der Waals surface area contributed by atoms with Crippen molar-refractivity contribution in [2.24, 2.45) is 0 Å². The highest BCUT2D eigenvalue weighted by molar-refractivity contribution is 6.30. The average molecular weight is 377 g/mol. The maximum Gasteiger partial charge on any atom is 0.283 e. The van der Waals surface area contributed by atoms with Crippen LogP contribution < -0.4 is 25.1 Å². The number of ether oxygens (including phenoxy) is 3. The van der Waals surface area contributed by atoms with E-state index in [2.05, 4.69) is 10.9 Å². The number of benzene rings is 2. The summed E-state index contributed by atoms with van der Waals surface area (Å²) in [5.74, 6) is 0.510. The van der Waals surface area contributed by atoms with E-state index in [0.717, 1.165) is 0 Å². The lowest BCUT2D eigenvalue weighted by Gasteiger charge is -2.25. The lowest BCUT2D eigenvalue weighted by Crippen LogP contribution is -2.53. The molecule has 8 heteroatoms. The van der Waals surface area contributed by atoms with E-state index in [1.54, 1.807) is 49.4 Å². The highest BCUT2D eigenvalue weighted by Crippen LogP contribution is 2.30. The molecule has 0 fully saturated rings. The fourth-order valence-corrected chi connectivity index (χ4v) is 2.35. The Morgan fingerprint density at radius 2 is 1.81 bits per heavy atom. The predicted octanol–water partition coefficient (Wildman–Crippen LogP) is 2.09. The van der Waals surface area contributed by atoms with Gasteiger partial charge < -0.3 is 14.2 Å². The van der Waals surface area contributed by atoms with Crippen LogP contribution in [-0.4, -0.2) is 30.6 Å². The Balaban J connectivity index is 1.48. The predicted molar refractivity (Wildman–Crippen MR) is 94.2 cm³/mol. The molecule has 0 bridgehead atoms. The molecule has 0 radical (unpaired) electrons. The van der Waals surface area contributed by atoms with Crippen molar-refractivity contribution in [2.45, 2.75) is 19.1 Å². The molecule has 0 saturated heterocycles. The molecule has 2 N–H and O–H groups in total. The molecule has 0 saturated carbocycles. The smallest absolute Gasteiger partial charge is 0.283 e. The Labute approximate surface area is 155 Å². The largest absolute Gasteiger partial charge is 0.485 e. The SMILES string of the molecule is CC(Oc1ccc(Cl)cc1)C(=O)NNC(=O)C1COc2ccccc2O1. The second-order valence-electron chi connectivity index (χ2n) is 5.56.